The van der Waals surface area contributed by atoms with Crippen molar-refractivity contribution < 1.29 is 40.3 Å². The van der Waals surface area contributed by atoms with Crippen LogP contribution in [0.1, 0.15) is 77.3 Å². The number of carbonyl (C=O) groups is 3. The second-order valence-corrected chi connectivity index (χ2v) is 21.7. The van der Waals surface area contributed by atoms with E-state index >= 15 is 0 Å². The molecule has 1 aliphatic carbocycles. The molecule has 8 rings (SSSR count). The van der Waals surface area contributed by atoms with E-state index in [2.05, 4.69) is 73.9 Å². The van der Waals surface area contributed by atoms with Crippen LogP contribution in [-0.4, -0.2) is 92.3 Å². The number of hydrogen-bond acceptors (Lipinski definition) is 11. The molecule has 0 unspecified atom stereocenters. The highest BCUT2D eigenvalue weighted by Crippen LogP contribution is 2.53. The number of hydrogen-bond donors (Lipinski definition) is 0. The Hall–Kier alpha value is -5.87. The lowest BCUT2D eigenvalue weighted by Gasteiger charge is -2.30. The quantitative estimate of drug-likeness (QED) is 0.0578. The molecule has 346 valence electrons. The van der Waals surface area contributed by atoms with Crippen LogP contribution in [0.5, 0.6) is 0 Å². The molecule has 0 atom stereocenters. The average Bonchev–Trinajstić information content (AvgIpc) is 3.83. The molecule has 4 aromatic rings. The second-order valence-electron chi connectivity index (χ2n) is 18.6. The first-order chi connectivity index (χ1) is 31.1. The topological polar surface area (TPSA) is 179 Å². The highest BCUT2D eigenvalue weighted by Gasteiger charge is 2.44. The zero-order valence-corrected chi connectivity index (χ0v) is 39.7. The second kappa shape index (κ2) is 17.4. The summed E-state index contributed by atoms with van der Waals surface area (Å²) < 4.78 is 69.3. The van der Waals surface area contributed by atoms with E-state index in [0.717, 1.165) is 76.4 Å². The van der Waals surface area contributed by atoms with E-state index in [-0.39, 0.29) is 18.4 Å². The smallest absolute Gasteiger partial charge is 0.333 e. The first-order valence-corrected chi connectivity index (χ1v) is 25.4. The van der Waals surface area contributed by atoms with Crippen LogP contribution < -0.4 is 9.80 Å². The lowest BCUT2D eigenvalue weighted by atomic mass is 9.82. The Morgan fingerprint density at radius 1 is 0.545 bits per heavy atom. The summed E-state index contributed by atoms with van der Waals surface area (Å²) in [6.07, 6.45) is 10.1. The summed E-state index contributed by atoms with van der Waals surface area (Å²) in [4.78, 5) is 47.6. The first-order valence-electron chi connectivity index (χ1n) is 22.3. The van der Waals surface area contributed by atoms with Crippen molar-refractivity contribution in [1.29, 1.82) is 0 Å². The molecule has 0 N–H and O–H groups in total. The molecule has 1 saturated heterocycles. The molecule has 0 spiro atoms. The Kier molecular flexibility index (Phi) is 12.3. The van der Waals surface area contributed by atoms with Gasteiger partial charge in [-0.3, -0.25) is 19.4 Å². The monoisotopic (exact) mass is 930 g/mol. The molecule has 3 aliphatic heterocycles. The number of amides is 4. The number of urea groups is 1. The number of likely N-dealkylation sites (N-methyl/N-ethyl adjacent to an activating group) is 2. The minimum Gasteiger partial charge on any atom is -0.748 e. The molecule has 3 heterocycles. The molecular weight excluding hydrogens is 877 g/mol. The van der Waals surface area contributed by atoms with Gasteiger partial charge >= 0.3 is 6.03 Å². The van der Waals surface area contributed by atoms with E-state index in [1.165, 1.54) is 14.1 Å². The van der Waals surface area contributed by atoms with Crippen LogP contribution in [-0.2, 0) is 40.7 Å². The van der Waals surface area contributed by atoms with Crippen LogP contribution in [0.25, 0.3) is 21.5 Å². The van der Waals surface area contributed by atoms with Gasteiger partial charge in [0.2, 0.25) is 0 Å². The number of unbranched alkanes of at least 4 members (excludes halogenated alkanes) is 2. The predicted molar refractivity (Wildman–Crippen MR) is 256 cm³/mol. The van der Waals surface area contributed by atoms with E-state index < -0.39 is 60.4 Å². The van der Waals surface area contributed by atoms with Gasteiger partial charge in [-0.1, -0.05) is 113 Å². The van der Waals surface area contributed by atoms with Gasteiger partial charge in [-0.25, -0.2) is 21.6 Å². The number of barbiturate groups is 1. The van der Waals surface area contributed by atoms with Crippen molar-refractivity contribution in [3.05, 3.63) is 142 Å². The van der Waals surface area contributed by atoms with Gasteiger partial charge in [0.25, 0.3) is 11.8 Å². The number of nitrogens with zero attached hydrogens (tertiary/aromatic N) is 4. The molecule has 0 bridgehead atoms. The van der Waals surface area contributed by atoms with Crippen LogP contribution in [0, 0.1) is 0 Å². The minimum absolute atomic E-state index is 0.113. The Labute approximate surface area is 386 Å². The zero-order chi connectivity index (χ0) is 47.5. The highest BCUT2D eigenvalue weighted by molar-refractivity contribution is 7.85. The largest absolute Gasteiger partial charge is 0.748 e. The number of imide groups is 2. The van der Waals surface area contributed by atoms with Crippen molar-refractivity contribution in [2.24, 2.45) is 0 Å². The molecule has 15 heteroatoms. The SMILES string of the molecule is CN1C(=O)C(=C2C(=CC=C3N(CCCCS(=O)(=O)[O-])c4c(ccc5ccccc45)C3(C)C)CCC2=CC=C2N(CCCCS(=O)(=O)[O-])c3c(ccc4ccccc34)C2(C)C)C(=O)N(C)C1=O. The number of benzene rings is 4. The first kappa shape index (κ1) is 46.7. The normalized spacial score (nSPS) is 21.0. The fourth-order valence-corrected chi connectivity index (χ4v) is 11.3. The maximum Gasteiger partial charge on any atom is 0.333 e. The van der Waals surface area contributed by atoms with Gasteiger partial charge in [0.1, 0.15) is 5.57 Å². The van der Waals surface area contributed by atoms with Crippen molar-refractivity contribution in [2.45, 2.75) is 77.0 Å². The van der Waals surface area contributed by atoms with E-state index in [0.29, 0.717) is 44.3 Å². The van der Waals surface area contributed by atoms with Crippen LogP contribution >= 0.6 is 0 Å². The summed E-state index contributed by atoms with van der Waals surface area (Å²) in [6, 6.07) is 23.8. The highest BCUT2D eigenvalue weighted by atomic mass is 32.2. The Morgan fingerprint density at radius 2 is 0.939 bits per heavy atom. The van der Waals surface area contributed by atoms with Crippen molar-refractivity contribution >= 4 is 71.0 Å². The molecular formula is C51H54N4O9S2-2. The molecule has 2 fully saturated rings. The molecule has 4 aromatic carbocycles. The van der Waals surface area contributed by atoms with E-state index in [4.69, 9.17) is 0 Å². The Bertz CT molecular complexity index is 2900. The van der Waals surface area contributed by atoms with Gasteiger partial charge in [-0.2, -0.15) is 0 Å². The number of fused-ring (bicyclic) bond motifs is 6. The molecule has 0 aromatic heterocycles. The van der Waals surface area contributed by atoms with Gasteiger partial charge in [-0.05, 0) is 89.3 Å². The average molecular weight is 931 g/mol. The molecule has 13 nitrogen and oxygen atoms in total. The van der Waals surface area contributed by atoms with Gasteiger partial charge in [0.15, 0.2) is 0 Å². The minimum atomic E-state index is -4.39. The fourth-order valence-electron chi connectivity index (χ4n) is 10.2. The van der Waals surface area contributed by atoms with Crippen molar-refractivity contribution in [3.8, 4) is 0 Å². The van der Waals surface area contributed by atoms with E-state index in [1.807, 2.05) is 60.7 Å². The van der Waals surface area contributed by atoms with Crippen LogP contribution in [0.4, 0.5) is 16.2 Å². The van der Waals surface area contributed by atoms with Crippen LogP contribution in [0.3, 0.4) is 0 Å². The third-order valence-corrected chi connectivity index (χ3v) is 15.2. The molecule has 66 heavy (non-hydrogen) atoms. The van der Waals surface area contributed by atoms with Gasteiger partial charge < -0.3 is 18.9 Å². The summed E-state index contributed by atoms with van der Waals surface area (Å²) in [5, 5.41) is 4.14. The maximum absolute atomic E-state index is 14.1. The number of allylic oxidation sites excluding steroid dienone is 9. The molecule has 0 radical (unpaired) electrons. The number of rotatable bonds is 12. The molecule has 1 saturated carbocycles. The number of carbonyl (C=O) groups excluding carboxylic acids is 3. The van der Waals surface area contributed by atoms with Crippen molar-refractivity contribution in [2.75, 3.05) is 48.5 Å². The summed E-state index contributed by atoms with van der Waals surface area (Å²) in [5.41, 5.74) is 6.69. The maximum atomic E-state index is 14.1. The van der Waals surface area contributed by atoms with Gasteiger partial charge in [0, 0.05) is 71.7 Å². The van der Waals surface area contributed by atoms with Crippen molar-refractivity contribution in [1.82, 2.24) is 9.80 Å². The van der Waals surface area contributed by atoms with E-state index in [1.54, 1.807) is 0 Å². The summed E-state index contributed by atoms with van der Waals surface area (Å²) in [6.45, 7) is 9.37. The molecule has 4 amide bonds. The van der Waals surface area contributed by atoms with Crippen molar-refractivity contribution in [3.63, 3.8) is 0 Å². The van der Waals surface area contributed by atoms with Crippen LogP contribution in [0.15, 0.2) is 131 Å². The van der Waals surface area contributed by atoms with Crippen LogP contribution in [0.2, 0.25) is 0 Å². The number of anilines is 2. The third-order valence-electron chi connectivity index (χ3n) is 13.7. The zero-order valence-electron chi connectivity index (χ0n) is 38.1. The lowest BCUT2D eigenvalue weighted by molar-refractivity contribution is -0.134. The summed E-state index contributed by atoms with van der Waals surface area (Å²) in [7, 11) is -6.07. The summed E-state index contributed by atoms with van der Waals surface area (Å²) in [5.74, 6) is -2.34. The van der Waals surface area contributed by atoms with Gasteiger partial charge in [0.05, 0.1) is 31.6 Å². The van der Waals surface area contributed by atoms with Gasteiger partial charge in [-0.15, -0.1) is 0 Å². The fraction of sp³-hybridized carbons (Fsp3) is 0.353. The predicted octanol–water partition coefficient (Wildman–Crippen LogP) is 8.30. The standard InChI is InChI=1S/C51H56N4O9S2/c1-50(2)39-25-21-33-15-7-9-17-37(33)45(39)54(29-11-13-31-65(59,60)61)41(50)27-23-35-19-20-36(43(35)44-47(56)52(5)49(58)53(6)48(44)57)24-28-42-51(3,4)40-26-22-34-16-8-10-18-38(34)46(40)55(42)30-12-14-32-66(62,63)64/h7-10,15-18,21-28H,11-14,19-20,29-32H2,1-6H3,(H,59,60,61)(H,62,63,64)/p-2. The molecule has 4 aliphatic rings. The van der Waals surface area contributed by atoms with E-state index in [9.17, 15) is 40.3 Å². The Balaban J connectivity index is 1.26. The summed E-state index contributed by atoms with van der Waals surface area (Å²) >= 11 is 0. The Morgan fingerprint density at radius 3 is 1.33 bits per heavy atom. The third kappa shape index (κ3) is 8.53. The lowest BCUT2D eigenvalue weighted by Crippen LogP contribution is -2.53.